The van der Waals surface area contributed by atoms with Crippen LogP contribution < -0.4 is 5.32 Å². The fourth-order valence-corrected chi connectivity index (χ4v) is 3.24. The maximum Gasteiger partial charge on any atom is 0.220 e. The van der Waals surface area contributed by atoms with Crippen LogP contribution in [0.1, 0.15) is 103 Å². The van der Waals surface area contributed by atoms with E-state index in [4.69, 9.17) is 0 Å². The van der Waals surface area contributed by atoms with Crippen LogP contribution in [0.15, 0.2) is 54.6 Å². The lowest BCUT2D eigenvalue weighted by Crippen LogP contribution is -2.26. The van der Waals surface area contributed by atoms with Crippen LogP contribution in [0.25, 0.3) is 0 Å². The minimum absolute atomic E-state index is 0.0895. The molecule has 1 rings (SSSR count). The molecule has 2 heteroatoms. The molecule has 0 aromatic heterocycles. The monoisotopic (exact) mass is 383 g/mol. The van der Waals surface area contributed by atoms with E-state index in [1.165, 1.54) is 51.4 Å². The highest BCUT2D eigenvalue weighted by molar-refractivity contribution is 5.76. The van der Waals surface area contributed by atoms with E-state index in [9.17, 15) is 4.79 Å². The number of benzene rings is 1. The van der Waals surface area contributed by atoms with E-state index < -0.39 is 0 Å². The number of hydrogen-bond acceptors (Lipinski definition) is 1. The summed E-state index contributed by atoms with van der Waals surface area (Å²) < 4.78 is 0. The molecule has 28 heavy (non-hydrogen) atoms. The largest absolute Gasteiger partial charge is 0.350 e. The first-order chi connectivity index (χ1) is 13.7. The van der Waals surface area contributed by atoms with Crippen molar-refractivity contribution in [3.8, 4) is 0 Å². The van der Waals surface area contributed by atoms with E-state index in [1.54, 1.807) is 0 Å². The Balaban J connectivity index is 1.92. The molecule has 1 aromatic rings. The first-order valence-electron chi connectivity index (χ1n) is 11.4. The standard InChI is InChI=1S/C26H41NO/c1-3-4-5-6-7-8-9-10-11-12-13-14-15-16-20-23-26(28)27-24(2)25-21-18-17-19-22-25/h7-8,10-11,17-19,21-22,24H,3-6,9,12-16,20,23H2,1-2H3,(H,27,28)/b8-7-,11-10-/t24-/m1/s1. The SMILES string of the molecule is CCCCC/C=C\C/C=C\CCCCCCCC(=O)N[C@H](C)c1ccccc1. The lowest BCUT2D eigenvalue weighted by molar-refractivity contribution is -0.121. The van der Waals surface area contributed by atoms with Crippen molar-refractivity contribution in [2.24, 2.45) is 0 Å². The number of allylic oxidation sites excluding steroid dienone is 4. The lowest BCUT2D eigenvalue weighted by Gasteiger charge is -2.14. The normalized spacial score (nSPS) is 12.6. The Kier molecular flexibility index (Phi) is 14.9. The lowest BCUT2D eigenvalue weighted by atomic mass is 10.1. The van der Waals surface area contributed by atoms with Gasteiger partial charge in [-0.1, -0.05) is 93.7 Å². The molecule has 0 bridgehead atoms. The zero-order chi connectivity index (χ0) is 20.3. The third-order valence-electron chi connectivity index (χ3n) is 5.03. The molecule has 0 aliphatic rings. The van der Waals surface area contributed by atoms with Gasteiger partial charge in [0.1, 0.15) is 0 Å². The van der Waals surface area contributed by atoms with Gasteiger partial charge in [-0.25, -0.2) is 0 Å². The van der Waals surface area contributed by atoms with E-state index >= 15 is 0 Å². The zero-order valence-electron chi connectivity index (χ0n) is 18.2. The zero-order valence-corrected chi connectivity index (χ0v) is 18.2. The maximum absolute atomic E-state index is 12.0. The van der Waals surface area contributed by atoms with Crippen LogP contribution in [0.3, 0.4) is 0 Å². The number of carbonyl (C=O) groups is 1. The molecule has 0 fully saturated rings. The summed E-state index contributed by atoms with van der Waals surface area (Å²) in [5, 5.41) is 3.09. The molecule has 2 nitrogen and oxygen atoms in total. The molecule has 0 saturated carbocycles. The minimum atomic E-state index is 0.0895. The molecule has 0 spiro atoms. The Morgan fingerprint density at radius 3 is 2.14 bits per heavy atom. The van der Waals surface area contributed by atoms with Gasteiger partial charge in [0.2, 0.25) is 5.91 Å². The molecule has 1 amide bonds. The number of nitrogens with one attached hydrogen (secondary N) is 1. The molecule has 0 unspecified atom stereocenters. The van der Waals surface area contributed by atoms with Gasteiger partial charge >= 0.3 is 0 Å². The molecular weight excluding hydrogens is 342 g/mol. The predicted octanol–water partition coefficient (Wildman–Crippen LogP) is 7.68. The van der Waals surface area contributed by atoms with E-state index in [-0.39, 0.29) is 11.9 Å². The summed E-state index contributed by atoms with van der Waals surface area (Å²) in [7, 11) is 0. The van der Waals surface area contributed by atoms with E-state index in [0.29, 0.717) is 6.42 Å². The van der Waals surface area contributed by atoms with Crippen LogP contribution in [-0.2, 0) is 4.79 Å². The quantitative estimate of drug-likeness (QED) is 0.230. The van der Waals surface area contributed by atoms with Crippen LogP contribution in [0.5, 0.6) is 0 Å². The van der Waals surface area contributed by atoms with Gasteiger partial charge in [0.15, 0.2) is 0 Å². The van der Waals surface area contributed by atoms with Gasteiger partial charge in [-0.05, 0) is 51.0 Å². The molecular formula is C26H41NO. The third kappa shape index (κ3) is 13.4. The van der Waals surface area contributed by atoms with Crippen molar-refractivity contribution >= 4 is 5.91 Å². The second-order valence-electron chi connectivity index (χ2n) is 7.68. The molecule has 1 aromatic carbocycles. The predicted molar refractivity (Wildman–Crippen MR) is 122 cm³/mol. The molecule has 1 atom stereocenters. The Morgan fingerprint density at radius 2 is 1.46 bits per heavy atom. The first kappa shape index (κ1) is 24.2. The minimum Gasteiger partial charge on any atom is -0.350 e. The number of amides is 1. The molecule has 0 aliphatic heterocycles. The van der Waals surface area contributed by atoms with Crippen molar-refractivity contribution in [3.05, 3.63) is 60.2 Å². The summed E-state index contributed by atoms with van der Waals surface area (Å²) in [6, 6.07) is 10.2. The molecule has 0 heterocycles. The van der Waals surface area contributed by atoms with Gasteiger partial charge in [-0.2, -0.15) is 0 Å². The van der Waals surface area contributed by atoms with Crippen molar-refractivity contribution in [2.75, 3.05) is 0 Å². The first-order valence-corrected chi connectivity index (χ1v) is 11.4. The molecule has 0 radical (unpaired) electrons. The van der Waals surface area contributed by atoms with Crippen LogP contribution in [-0.4, -0.2) is 5.91 Å². The summed E-state index contributed by atoms with van der Waals surface area (Å²) in [6.07, 6.45) is 23.2. The number of carbonyl (C=O) groups excluding carboxylic acids is 1. The number of unbranched alkanes of at least 4 members (excludes halogenated alkanes) is 8. The summed E-state index contributed by atoms with van der Waals surface area (Å²) in [5.74, 6) is 0.169. The topological polar surface area (TPSA) is 29.1 Å². The summed E-state index contributed by atoms with van der Waals surface area (Å²) in [5.41, 5.74) is 1.16. The van der Waals surface area contributed by atoms with Gasteiger partial charge in [0.25, 0.3) is 0 Å². The van der Waals surface area contributed by atoms with Gasteiger partial charge < -0.3 is 5.32 Å². The van der Waals surface area contributed by atoms with Crippen LogP contribution in [0.4, 0.5) is 0 Å². The van der Waals surface area contributed by atoms with Crippen LogP contribution in [0, 0.1) is 0 Å². The fourth-order valence-electron chi connectivity index (χ4n) is 3.24. The van der Waals surface area contributed by atoms with Crippen molar-refractivity contribution in [3.63, 3.8) is 0 Å². The Morgan fingerprint density at radius 1 is 0.857 bits per heavy atom. The van der Waals surface area contributed by atoms with Gasteiger partial charge in [0, 0.05) is 6.42 Å². The van der Waals surface area contributed by atoms with Crippen LogP contribution in [0.2, 0.25) is 0 Å². The van der Waals surface area contributed by atoms with E-state index in [1.807, 2.05) is 25.1 Å². The van der Waals surface area contributed by atoms with Gasteiger partial charge in [-0.15, -0.1) is 0 Å². The summed E-state index contributed by atoms with van der Waals surface area (Å²) in [6.45, 7) is 4.29. The number of hydrogen-bond donors (Lipinski definition) is 1. The highest BCUT2D eigenvalue weighted by Crippen LogP contribution is 2.12. The number of rotatable bonds is 16. The Hall–Kier alpha value is -1.83. The summed E-state index contributed by atoms with van der Waals surface area (Å²) >= 11 is 0. The smallest absolute Gasteiger partial charge is 0.220 e. The molecule has 1 N–H and O–H groups in total. The maximum atomic E-state index is 12.0. The molecule has 0 aliphatic carbocycles. The average Bonchev–Trinajstić information content (AvgIpc) is 2.71. The average molecular weight is 384 g/mol. The van der Waals surface area contributed by atoms with Gasteiger partial charge in [-0.3, -0.25) is 4.79 Å². The van der Waals surface area contributed by atoms with Crippen LogP contribution >= 0.6 is 0 Å². The van der Waals surface area contributed by atoms with Crippen molar-refractivity contribution in [2.45, 2.75) is 96.9 Å². The summed E-state index contributed by atoms with van der Waals surface area (Å²) in [4.78, 5) is 12.0. The van der Waals surface area contributed by atoms with E-state index in [2.05, 4.69) is 48.7 Å². The highest BCUT2D eigenvalue weighted by Gasteiger charge is 2.08. The van der Waals surface area contributed by atoms with Gasteiger partial charge in [0.05, 0.1) is 6.04 Å². The van der Waals surface area contributed by atoms with Crippen molar-refractivity contribution < 1.29 is 4.79 Å². The Bertz CT molecular complexity index is 547. The second-order valence-corrected chi connectivity index (χ2v) is 7.68. The Labute approximate surface area is 173 Å². The van der Waals surface area contributed by atoms with Crippen molar-refractivity contribution in [1.82, 2.24) is 5.32 Å². The molecule has 156 valence electrons. The molecule has 0 saturated heterocycles. The fraction of sp³-hybridized carbons (Fsp3) is 0.577. The highest BCUT2D eigenvalue weighted by atomic mass is 16.1. The second kappa shape index (κ2) is 17.3. The third-order valence-corrected chi connectivity index (χ3v) is 5.03. The van der Waals surface area contributed by atoms with E-state index in [0.717, 1.165) is 24.8 Å². The van der Waals surface area contributed by atoms with Crippen molar-refractivity contribution in [1.29, 1.82) is 0 Å².